The van der Waals surface area contributed by atoms with Crippen LogP contribution in [0.25, 0.3) is 44.9 Å². The summed E-state index contributed by atoms with van der Waals surface area (Å²) in [5, 5.41) is 21.6. The molecule has 0 spiro atoms. The second-order valence-electron chi connectivity index (χ2n) is 8.79. The molecule has 174 valence electrons. The van der Waals surface area contributed by atoms with Crippen LogP contribution in [0.3, 0.4) is 0 Å². The number of phenols is 1. The lowest BCUT2D eigenvalue weighted by atomic mass is 9.82. The molecule has 3 aromatic carbocycles. The number of hydrogen-bond acceptors (Lipinski definition) is 5. The number of rotatable bonds is 4. The van der Waals surface area contributed by atoms with Crippen LogP contribution >= 0.6 is 0 Å². The predicted molar refractivity (Wildman–Crippen MR) is 140 cm³/mol. The quantitative estimate of drug-likeness (QED) is 0.228. The van der Waals surface area contributed by atoms with E-state index in [0.717, 1.165) is 57.6 Å². The predicted octanol–water partition coefficient (Wildman–Crippen LogP) is 6.86. The minimum Gasteiger partial charge on any atom is -0.507 e. The standard InChI is InChI=1S/C30H21N3O3/c34-29-7-2-1-5-24(29)28-15-11-20-10-14-23-25(19-8-12-22(13-9-19)33(35)36)17-21(18-26(23)30(20)32-28)27-6-3-4-16-31-27/h1-9,11-13,15-18,34H,10,14H2. The van der Waals surface area contributed by atoms with Gasteiger partial charge in [0, 0.05) is 35.0 Å². The summed E-state index contributed by atoms with van der Waals surface area (Å²) in [6.45, 7) is 0. The zero-order valence-electron chi connectivity index (χ0n) is 19.3. The number of aryl methyl sites for hydroxylation is 1. The van der Waals surface area contributed by atoms with Gasteiger partial charge in [-0.25, -0.2) is 4.98 Å². The van der Waals surface area contributed by atoms with Gasteiger partial charge in [-0.2, -0.15) is 0 Å². The highest BCUT2D eigenvalue weighted by Crippen LogP contribution is 2.42. The summed E-state index contributed by atoms with van der Waals surface area (Å²) in [4.78, 5) is 20.4. The molecule has 36 heavy (non-hydrogen) atoms. The van der Waals surface area contributed by atoms with Gasteiger partial charge in [0.05, 0.1) is 22.0 Å². The van der Waals surface area contributed by atoms with Crippen LogP contribution in [-0.4, -0.2) is 20.0 Å². The first-order valence-corrected chi connectivity index (χ1v) is 11.7. The molecule has 6 nitrogen and oxygen atoms in total. The van der Waals surface area contributed by atoms with Gasteiger partial charge in [-0.3, -0.25) is 15.1 Å². The Morgan fingerprint density at radius 3 is 2.28 bits per heavy atom. The molecule has 0 radical (unpaired) electrons. The molecule has 0 aliphatic heterocycles. The van der Waals surface area contributed by atoms with Gasteiger partial charge in [-0.05, 0) is 89.7 Å². The molecule has 1 N–H and O–H groups in total. The summed E-state index contributed by atoms with van der Waals surface area (Å²) in [7, 11) is 0. The number of aromatic hydroxyl groups is 1. The second-order valence-corrected chi connectivity index (χ2v) is 8.79. The molecule has 0 fully saturated rings. The molecule has 6 rings (SSSR count). The normalized spacial score (nSPS) is 12.0. The Balaban J connectivity index is 1.58. The van der Waals surface area contributed by atoms with E-state index in [2.05, 4.69) is 23.2 Å². The van der Waals surface area contributed by atoms with E-state index in [-0.39, 0.29) is 16.4 Å². The minimum absolute atomic E-state index is 0.0628. The van der Waals surface area contributed by atoms with Gasteiger partial charge < -0.3 is 5.11 Å². The number of non-ortho nitro benzene ring substituents is 1. The number of para-hydroxylation sites is 1. The van der Waals surface area contributed by atoms with Gasteiger partial charge in [0.15, 0.2) is 0 Å². The molecular formula is C30H21N3O3. The molecule has 0 saturated carbocycles. The first kappa shape index (κ1) is 21.7. The number of nitro groups is 1. The van der Waals surface area contributed by atoms with Crippen molar-refractivity contribution >= 4 is 5.69 Å². The van der Waals surface area contributed by atoms with E-state index in [1.54, 1.807) is 42.6 Å². The van der Waals surface area contributed by atoms with Crippen molar-refractivity contribution in [3.05, 3.63) is 118 Å². The Morgan fingerprint density at radius 2 is 1.53 bits per heavy atom. The maximum absolute atomic E-state index is 11.2. The number of nitrogens with zero attached hydrogens (tertiary/aromatic N) is 3. The highest BCUT2D eigenvalue weighted by Gasteiger charge is 2.23. The Kier molecular flexibility index (Phi) is 5.26. The van der Waals surface area contributed by atoms with Crippen LogP contribution in [0, 0.1) is 10.1 Å². The summed E-state index contributed by atoms with van der Waals surface area (Å²) >= 11 is 0. The number of benzene rings is 3. The van der Waals surface area contributed by atoms with Crippen LogP contribution in [0.15, 0.2) is 97.2 Å². The van der Waals surface area contributed by atoms with Gasteiger partial charge in [0.25, 0.3) is 5.69 Å². The third-order valence-corrected chi connectivity index (χ3v) is 6.66. The first-order chi connectivity index (χ1) is 17.6. The fourth-order valence-electron chi connectivity index (χ4n) is 4.88. The summed E-state index contributed by atoms with van der Waals surface area (Å²) in [5.41, 5.74) is 9.38. The van der Waals surface area contributed by atoms with Crippen molar-refractivity contribution < 1.29 is 10.0 Å². The van der Waals surface area contributed by atoms with Crippen LogP contribution in [0.2, 0.25) is 0 Å². The molecule has 6 heteroatoms. The number of phenolic OH excluding ortho intramolecular Hbond substituents is 1. The number of nitro benzene ring substituents is 1. The average molecular weight is 472 g/mol. The number of pyridine rings is 2. The van der Waals surface area contributed by atoms with Crippen LogP contribution in [0.1, 0.15) is 11.1 Å². The fourth-order valence-corrected chi connectivity index (χ4v) is 4.88. The van der Waals surface area contributed by atoms with E-state index in [9.17, 15) is 15.2 Å². The van der Waals surface area contributed by atoms with E-state index in [1.807, 2.05) is 36.4 Å². The van der Waals surface area contributed by atoms with E-state index in [0.29, 0.717) is 11.3 Å². The summed E-state index contributed by atoms with van der Waals surface area (Å²) < 4.78 is 0. The molecule has 0 bridgehead atoms. The van der Waals surface area contributed by atoms with Crippen molar-refractivity contribution in [1.29, 1.82) is 0 Å². The van der Waals surface area contributed by atoms with Crippen LogP contribution in [0.4, 0.5) is 5.69 Å². The maximum Gasteiger partial charge on any atom is 0.269 e. The van der Waals surface area contributed by atoms with Gasteiger partial charge in [-0.15, -0.1) is 0 Å². The van der Waals surface area contributed by atoms with Crippen molar-refractivity contribution in [2.75, 3.05) is 0 Å². The maximum atomic E-state index is 11.2. The van der Waals surface area contributed by atoms with E-state index in [4.69, 9.17) is 4.98 Å². The van der Waals surface area contributed by atoms with E-state index in [1.165, 1.54) is 0 Å². The first-order valence-electron chi connectivity index (χ1n) is 11.7. The monoisotopic (exact) mass is 471 g/mol. The van der Waals surface area contributed by atoms with Crippen molar-refractivity contribution in [3.63, 3.8) is 0 Å². The smallest absolute Gasteiger partial charge is 0.269 e. The minimum atomic E-state index is -0.385. The Hall–Kier alpha value is -4.84. The number of aromatic nitrogens is 2. The van der Waals surface area contributed by atoms with Crippen molar-refractivity contribution in [2.45, 2.75) is 12.8 Å². The Bertz CT molecular complexity index is 1610. The molecule has 1 aliphatic rings. The van der Waals surface area contributed by atoms with Crippen LogP contribution in [-0.2, 0) is 12.8 Å². The van der Waals surface area contributed by atoms with Crippen molar-refractivity contribution in [2.24, 2.45) is 0 Å². The molecule has 0 unspecified atom stereocenters. The van der Waals surface area contributed by atoms with Gasteiger partial charge in [0.2, 0.25) is 0 Å². The van der Waals surface area contributed by atoms with Gasteiger partial charge >= 0.3 is 0 Å². The number of hydrogen-bond donors (Lipinski definition) is 1. The number of fused-ring (bicyclic) bond motifs is 3. The topological polar surface area (TPSA) is 89.2 Å². The molecule has 2 aromatic heterocycles. The Morgan fingerprint density at radius 1 is 0.750 bits per heavy atom. The fraction of sp³-hybridized carbons (Fsp3) is 0.0667. The molecule has 0 atom stereocenters. The molecular weight excluding hydrogens is 450 g/mol. The Labute approximate surface area is 207 Å². The second kappa shape index (κ2) is 8.74. The third-order valence-electron chi connectivity index (χ3n) is 6.66. The van der Waals surface area contributed by atoms with Gasteiger partial charge in [-0.1, -0.05) is 24.3 Å². The molecule has 2 heterocycles. The third kappa shape index (κ3) is 3.79. The van der Waals surface area contributed by atoms with Crippen LogP contribution in [0.5, 0.6) is 5.75 Å². The molecule has 5 aromatic rings. The van der Waals surface area contributed by atoms with Gasteiger partial charge in [0.1, 0.15) is 5.75 Å². The molecule has 0 amide bonds. The summed E-state index contributed by atoms with van der Waals surface area (Å²) in [5.74, 6) is 0.190. The SMILES string of the molecule is O=[N+]([O-])c1ccc(-c2cc(-c3ccccn3)cc3c2CCc2ccc(-c4ccccc4O)nc2-3)cc1. The lowest BCUT2D eigenvalue weighted by Crippen LogP contribution is -2.08. The highest BCUT2D eigenvalue weighted by atomic mass is 16.6. The zero-order valence-corrected chi connectivity index (χ0v) is 19.3. The lowest BCUT2D eigenvalue weighted by molar-refractivity contribution is -0.384. The molecule has 1 aliphatic carbocycles. The van der Waals surface area contributed by atoms with Crippen molar-refractivity contribution in [3.8, 4) is 50.6 Å². The van der Waals surface area contributed by atoms with Crippen LogP contribution < -0.4 is 0 Å². The molecule has 0 saturated heterocycles. The average Bonchev–Trinajstić information content (AvgIpc) is 2.93. The summed E-state index contributed by atoms with van der Waals surface area (Å²) in [6, 6.07) is 28.0. The largest absolute Gasteiger partial charge is 0.507 e. The zero-order chi connectivity index (χ0) is 24.6. The van der Waals surface area contributed by atoms with E-state index >= 15 is 0 Å². The van der Waals surface area contributed by atoms with Crippen molar-refractivity contribution in [1.82, 2.24) is 9.97 Å². The lowest BCUT2D eigenvalue weighted by Gasteiger charge is -2.24. The summed E-state index contributed by atoms with van der Waals surface area (Å²) in [6.07, 6.45) is 3.43. The highest BCUT2D eigenvalue weighted by molar-refractivity contribution is 5.86. The van der Waals surface area contributed by atoms with E-state index < -0.39 is 0 Å².